The molecule has 1 aromatic rings. The second-order valence-electron chi connectivity index (χ2n) is 3.55. The van der Waals surface area contributed by atoms with Crippen molar-refractivity contribution in [1.82, 2.24) is 10.3 Å². The summed E-state index contributed by atoms with van der Waals surface area (Å²) >= 11 is 0. The quantitative estimate of drug-likeness (QED) is 0.442. The molecule has 0 aliphatic carbocycles. The molecule has 1 aromatic heterocycles. The normalized spacial score (nSPS) is 17.1. The Morgan fingerprint density at radius 2 is 2.00 bits per heavy atom. The molecule has 0 atom stereocenters. The molecule has 0 bridgehead atoms. The van der Waals surface area contributed by atoms with Crippen molar-refractivity contribution < 1.29 is 60.9 Å². The monoisotopic (exact) mass is 234 g/mol. The zero-order chi connectivity index (χ0) is 9.97. The Morgan fingerprint density at radius 3 is 2.60 bits per heavy atom. The van der Waals surface area contributed by atoms with Gasteiger partial charge in [0.05, 0.1) is 0 Å². The van der Waals surface area contributed by atoms with Crippen LogP contribution in [0.2, 0.25) is 0 Å². The molecule has 0 unspecified atom stereocenters. The van der Waals surface area contributed by atoms with E-state index in [1.807, 2.05) is 0 Å². The molecule has 5 heteroatoms. The Bertz CT molecular complexity index is 329. The van der Waals surface area contributed by atoms with E-state index in [-0.39, 0.29) is 57.3 Å². The van der Waals surface area contributed by atoms with Gasteiger partial charge in [0.1, 0.15) is 0 Å². The van der Waals surface area contributed by atoms with E-state index < -0.39 is 11.8 Å². The molecule has 1 N–H and O–H groups in total. The van der Waals surface area contributed by atoms with Crippen molar-refractivity contribution >= 4 is 0 Å². The van der Waals surface area contributed by atoms with Crippen LogP contribution in [0.15, 0.2) is 12.1 Å². The zero-order valence-corrected chi connectivity index (χ0v) is 11.9. The molecule has 15 heavy (non-hydrogen) atoms. The summed E-state index contributed by atoms with van der Waals surface area (Å²) in [6.45, 7) is 1.81. The van der Waals surface area contributed by atoms with Gasteiger partial charge in [-0.3, -0.25) is 0 Å². The number of halogens is 1. The molecule has 2 heterocycles. The van der Waals surface area contributed by atoms with Crippen LogP contribution in [-0.2, 0) is 0 Å². The van der Waals surface area contributed by atoms with Crippen molar-refractivity contribution in [3.63, 3.8) is 0 Å². The predicted molar refractivity (Wildman–Crippen MR) is 48.5 cm³/mol. The number of nitrogens with zero attached hydrogens (tertiary/aromatic N) is 1. The first-order valence-corrected chi connectivity index (χ1v) is 4.81. The van der Waals surface area contributed by atoms with Crippen LogP contribution in [0.25, 0.3) is 0 Å². The van der Waals surface area contributed by atoms with E-state index in [0.29, 0.717) is 5.56 Å². The van der Waals surface area contributed by atoms with Gasteiger partial charge >= 0.3 is 51.4 Å². The van der Waals surface area contributed by atoms with Crippen LogP contribution in [0, 0.1) is 5.95 Å². The van der Waals surface area contributed by atoms with Crippen molar-refractivity contribution in [3.05, 3.63) is 23.6 Å². The van der Waals surface area contributed by atoms with Gasteiger partial charge in [0.2, 0.25) is 5.95 Å². The number of nitrogens with one attached hydrogen (secondary N) is 1. The van der Waals surface area contributed by atoms with Gasteiger partial charge in [0.15, 0.2) is 0 Å². The first kappa shape index (κ1) is 13.5. The number of piperidine rings is 1. The third-order valence-electron chi connectivity index (χ3n) is 2.63. The maximum atomic E-state index is 13.3. The van der Waals surface area contributed by atoms with Crippen LogP contribution in [0.5, 0.6) is 5.88 Å². The van der Waals surface area contributed by atoms with Gasteiger partial charge < -0.3 is 10.4 Å². The fourth-order valence-corrected chi connectivity index (χ4v) is 1.87. The minimum atomic E-state index is -0.593. The predicted octanol–water partition coefficient (Wildman–Crippen LogP) is -2.23. The fourth-order valence-electron chi connectivity index (χ4n) is 1.87. The zero-order valence-electron chi connectivity index (χ0n) is 8.79. The average molecular weight is 234 g/mol. The van der Waals surface area contributed by atoms with Crippen LogP contribution >= 0.6 is 0 Å². The first-order valence-electron chi connectivity index (χ1n) is 4.81. The summed E-state index contributed by atoms with van der Waals surface area (Å²) in [5.41, 5.74) is 0.589. The number of hydrogen-bond donors (Lipinski definition) is 1. The molecule has 76 valence electrons. The van der Waals surface area contributed by atoms with Crippen LogP contribution in [0.3, 0.4) is 0 Å². The summed E-state index contributed by atoms with van der Waals surface area (Å²) in [5, 5.41) is 14.0. The molecule has 0 aromatic carbocycles. The van der Waals surface area contributed by atoms with E-state index in [2.05, 4.69) is 10.3 Å². The second-order valence-corrected chi connectivity index (χ2v) is 3.55. The molecule has 1 fully saturated rings. The van der Waals surface area contributed by atoms with Crippen molar-refractivity contribution in [2.75, 3.05) is 13.1 Å². The summed E-state index contributed by atoms with van der Waals surface area (Å²) in [6.07, 6.45) is 1.83. The SMILES string of the molecule is [K+].[O-]c1ccc(C2CCNCC2)c(F)n1. The van der Waals surface area contributed by atoms with Crippen LogP contribution < -0.4 is 61.8 Å². The summed E-state index contributed by atoms with van der Waals surface area (Å²) < 4.78 is 13.3. The van der Waals surface area contributed by atoms with Gasteiger partial charge in [-0.25, -0.2) is 4.98 Å². The number of pyridine rings is 1. The molecule has 0 amide bonds. The number of rotatable bonds is 1. The minimum absolute atomic E-state index is 0. The van der Waals surface area contributed by atoms with E-state index in [9.17, 15) is 9.50 Å². The van der Waals surface area contributed by atoms with E-state index >= 15 is 0 Å². The molecule has 0 saturated carbocycles. The Hall–Kier alpha value is 0.476. The van der Waals surface area contributed by atoms with Crippen molar-refractivity contribution in [3.8, 4) is 5.88 Å². The average Bonchev–Trinajstić information content (AvgIpc) is 2.19. The maximum Gasteiger partial charge on any atom is 1.00 e. The third kappa shape index (κ3) is 3.47. The molecule has 0 radical (unpaired) electrons. The van der Waals surface area contributed by atoms with E-state index in [1.165, 1.54) is 6.07 Å². The minimum Gasteiger partial charge on any atom is -0.859 e. The molecule has 0 spiro atoms. The Balaban J connectivity index is 0.00000112. The first-order chi connectivity index (χ1) is 6.77. The summed E-state index contributed by atoms with van der Waals surface area (Å²) in [6, 6.07) is 2.90. The smallest absolute Gasteiger partial charge is 0.859 e. The third-order valence-corrected chi connectivity index (χ3v) is 2.63. The molecule has 1 saturated heterocycles. The van der Waals surface area contributed by atoms with Gasteiger partial charge in [-0.05, 0) is 37.7 Å². The van der Waals surface area contributed by atoms with E-state index in [4.69, 9.17) is 0 Å². The largest absolute Gasteiger partial charge is 1.00 e. The molecular weight excluding hydrogens is 222 g/mol. The molecule has 1 aliphatic rings. The van der Waals surface area contributed by atoms with Crippen LogP contribution in [-0.4, -0.2) is 18.1 Å². The Kier molecular flexibility index (Phi) is 5.66. The van der Waals surface area contributed by atoms with Gasteiger partial charge in [-0.15, -0.1) is 0 Å². The maximum absolute atomic E-state index is 13.3. The molecule has 1 aliphatic heterocycles. The topological polar surface area (TPSA) is 48.0 Å². The Morgan fingerprint density at radius 1 is 1.33 bits per heavy atom. The van der Waals surface area contributed by atoms with Crippen molar-refractivity contribution in [2.45, 2.75) is 18.8 Å². The Labute approximate surface area is 131 Å². The van der Waals surface area contributed by atoms with E-state index in [0.717, 1.165) is 25.9 Å². The number of hydrogen-bond acceptors (Lipinski definition) is 3. The fraction of sp³-hybridized carbons (Fsp3) is 0.500. The number of aromatic nitrogens is 1. The second kappa shape index (κ2) is 6.27. The van der Waals surface area contributed by atoms with Crippen LogP contribution in [0.4, 0.5) is 4.39 Å². The standard InChI is InChI=1S/C10H13FN2O.K/c11-10-8(1-2-9(14)13-10)7-3-5-12-6-4-7;/h1-2,7,12H,3-6H2,(H,13,14);/q;+1/p-1. The summed E-state index contributed by atoms with van der Waals surface area (Å²) in [5.74, 6) is -0.881. The molecule has 3 nitrogen and oxygen atoms in total. The van der Waals surface area contributed by atoms with Gasteiger partial charge in [0.25, 0.3) is 0 Å². The molecular formula is C10H12FKN2O. The van der Waals surface area contributed by atoms with Gasteiger partial charge in [-0.2, -0.15) is 4.39 Å². The van der Waals surface area contributed by atoms with Gasteiger partial charge in [-0.1, -0.05) is 12.1 Å². The van der Waals surface area contributed by atoms with Crippen molar-refractivity contribution in [2.24, 2.45) is 0 Å². The van der Waals surface area contributed by atoms with E-state index in [1.54, 1.807) is 6.07 Å². The summed E-state index contributed by atoms with van der Waals surface area (Å²) in [7, 11) is 0. The van der Waals surface area contributed by atoms with Crippen LogP contribution in [0.1, 0.15) is 24.3 Å². The molecule has 2 rings (SSSR count). The van der Waals surface area contributed by atoms with Gasteiger partial charge in [0, 0.05) is 5.56 Å². The van der Waals surface area contributed by atoms with Crippen molar-refractivity contribution in [1.29, 1.82) is 0 Å². The summed E-state index contributed by atoms with van der Waals surface area (Å²) in [4.78, 5) is 3.31.